The molecular weight excluding hydrogens is 492 g/mol. The molecule has 1 fully saturated rings. The minimum absolute atomic E-state index is 0.147. The van der Waals surface area contributed by atoms with Gasteiger partial charge in [-0.05, 0) is 48.4 Å². The number of carbonyl (C=O) groups is 2. The molecule has 1 aliphatic heterocycles. The van der Waals surface area contributed by atoms with Gasteiger partial charge in [-0.3, -0.25) is 14.7 Å². The van der Waals surface area contributed by atoms with E-state index in [1.165, 1.54) is 0 Å². The zero-order valence-electron chi connectivity index (χ0n) is 22.2. The highest BCUT2D eigenvalue weighted by molar-refractivity contribution is 6.08. The van der Waals surface area contributed by atoms with Crippen LogP contribution in [0.15, 0.2) is 85.9 Å². The molecule has 2 aromatic heterocycles. The third-order valence-electron chi connectivity index (χ3n) is 6.44. The van der Waals surface area contributed by atoms with E-state index in [1.54, 1.807) is 18.5 Å². The Bertz CT molecular complexity index is 1330. The number of nitrogens with one attached hydrogen (secondary N) is 3. The van der Waals surface area contributed by atoms with Crippen LogP contribution in [0.2, 0.25) is 0 Å². The fraction of sp³-hybridized carbons (Fsp3) is 0.300. The molecule has 0 radical (unpaired) electrons. The van der Waals surface area contributed by atoms with Crippen LogP contribution in [0.5, 0.6) is 0 Å². The Kier molecular flexibility index (Phi) is 10.0. The Labute approximate surface area is 229 Å². The van der Waals surface area contributed by atoms with Crippen LogP contribution in [-0.2, 0) is 17.8 Å². The molecule has 0 spiro atoms. The number of pyridine rings is 1. The van der Waals surface area contributed by atoms with Gasteiger partial charge in [0.15, 0.2) is 0 Å². The molecule has 3 heterocycles. The Morgan fingerprint density at radius 2 is 2.00 bits per heavy atom. The van der Waals surface area contributed by atoms with Crippen LogP contribution in [0.4, 0.5) is 10.5 Å². The first-order chi connectivity index (χ1) is 19.0. The highest BCUT2D eigenvalue weighted by atomic mass is 16.5. The van der Waals surface area contributed by atoms with Gasteiger partial charge in [0.25, 0.3) is 5.91 Å². The van der Waals surface area contributed by atoms with Gasteiger partial charge in [-0.25, -0.2) is 4.79 Å². The number of aromatic nitrogens is 2. The summed E-state index contributed by atoms with van der Waals surface area (Å²) in [4.78, 5) is 32.2. The van der Waals surface area contributed by atoms with Crippen LogP contribution in [-0.4, -0.2) is 65.8 Å². The molecule has 0 atom stereocenters. The Morgan fingerprint density at radius 1 is 1.15 bits per heavy atom. The number of hydrogen-bond acceptors (Lipinski definition) is 5. The molecule has 9 nitrogen and oxygen atoms in total. The number of morpholine rings is 1. The monoisotopic (exact) mass is 528 g/mol. The van der Waals surface area contributed by atoms with Gasteiger partial charge in [0, 0.05) is 67.9 Å². The van der Waals surface area contributed by atoms with Crippen LogP contribution >= 0.6 is 0 Å². The second-order valence-electron chi connectivity index (χ2n) is 9.39. The number of ether oxygens (including phenoxy) is 1. The van der Waals surface area contributed by atoms with E-state index < -0.39 is 0 Å². The summed E-state index contributed by atoms with van der Waals surface area (Å²) in [7, 11) is 0. The molecule has 1 aliphatic rings. The maximum atomic E-state index is 13.3. The zero-order chi connectivity index (χ0) is 27.5. The standard InChI is InChI=1S/C30H36N6O3/c1-3-4-7-23(2)21-36-22-27(29(37)32-12-6-13-35-14-16-39-17-15-35)26-18-25(9-10-28(26)36)34-30(38)33-20-24-8-5-11-31-19-24/h3-5,7-11,18-19,22H,1-2,6,12-17,20-21H2,(H,32,37)(H2,33,34,38)/b7-4-. The number of fused-ring (bicyclic) bond motifs is 1. The molecule has 4 rings (SSSR count). The van der Waals surface area contributed by atoms with Crippen molar-refractivity contribution in [1.82, 2.24) is 25.1 Å². The number of urea groups is 1. The van der Waals surface area contributed by atoms with Crippen molar-refractivity contribution in [2.24, 2.45) is 0 Å². The maximum absolute atomic E-state index is 13.3. The second-order valence-corrected chi connectivity index (χ2v) is 9.39. The average Bonchev–Trinajstić information content (AvgIpc) is 3.31. The molecule has 0 unspecified atom stereocenters. The highest BCUT2D eigenvalue weighted by Gasteiger charge is 2.17. The topological polar surface area (TPSA) is 101 Å². The predicted molar refractivity (Wildman–Crippen MR) is 155 cm³/mol. The van der Waals surface area contributed by atoms with Crippen molar-refractivity contribution >= 4 is 28.5 Å². The van der Waals surface area contributed by atoms with Crippen LogP contribution in [0.3, 0.4) is 0 Å². The van der Waals surface area contributed by atoms with E-state index in [4.69, 9.17) is 4.74 Å². The molecule has 0 aliphatic carbocycles. The summed E-state index contributed by atoms with van der Waals surface area (Å²) in [6.07, 6.45) is 11.5. The molecule has 3 N–H and O–H groups in total. The average molecular weight is 529 g/mol. The fourth-order valence-electron chi connectivity index (χ4n) is 4.45. The Balaban J connectivity index is 1.46. The lowest BCUT2D eigenvalue weighted by Crippen LogP contribution is -2.38. The van der Waals surface area contributed by atoms with Crippen LogP contribution < -0.4 is 16.0 Å². The minimum Gasteiger partial charge on any atom is -0.379 e. The van der Waals surface area contributed by atoms with Gasteiger partial charge in [-0.1, -0.05) is 37.5 Å². The molecule has 9 heteroatoms. The van der Waals surface area contributed by atoms with E-state index in [-0.39, 0.29) is 11.9 Å². The SMILES string of the molecule is C=C/C=C\C(=C)Cn1cc(C(=O)NCCCN2CCOCC2)c2cc(NC(=O)NCc3cccnc3)ccc21. The summed E-state index contributed by atoms with van der Waals surface area (Å²) in [5.41, 5.74) is 3.80. The van der Waals surface area contributed by atoms with Crippen molar-refractivity contribution in [2.75, 3.05) is 44.7 Å². The fourth-order valence-corrected chi connectivity index (χ4v) is 4.45. The van der Waals surface area contributed by atoms with Gasteiger partial charge in [0.1, 0.15) is 0 Å². The first-order valence-corrected chi connectivity index (χ1v) is 13.2. The van der Waals surface area contributed by atoms with Gasteiger partial charge in [0.2, 0.25) is 0 Å². The summed E-state index contributed by atoms with van der Waals surface area (Å²) in [6.45, 7) is 13.6. The van der Waals surface area contributed by atoms with E-state index in [0.717, 1.165) is 61.3 Å². The Hall–Kier alpha value is -4.21. The number of amides is 3. The quantitative estimate of drug-likeness (QED) is 0.243. The number of anilines is 1. The molecular formula is C30H36N6O3. The molecule has 1 aromatic carbocycles. The normalized spacial score (nSPS) is 13.8. The van der Waals surface area contributed by atoms with Crippen LogP contribution in [0, 0.1) is 0 Å². The van der Waals surface area contributed by atoms with Gasteiger partial charge in [-0.15, -0.1) is 0 Å². The van der Waals surface area contributed by atoms with Gasteiger partial charge in [0.05, 0.1) is 18.8 Å². The van der Waals surface area contributed by atoms with Crippen LogP contribution in [0.25, 0.3) is 10.9 Å². The van der Waals surface area contributed by atoms with Crippen molar-refractivity contribution in [3.8, 4) is 0 Å². The lowest BCUT2D eigenvalue weighted by molar-refractivity contribution is 0.0374. The minimum atomic E-state index is -0.338. The summed E-state index contributed by atoms with van der Waals surface area (Å²) < 4.78 is 7.40. The molecule has 39 heavy (non-hydrogen) atoms. The number of rotatable bonds is 12. The van der Waals surface area contributed by atoms with Crippen molar-refractivity contribution in [3.63, 3.8) is 0 Å². The van der Waals surface area contributed by atoms with Crippen molar-refractivity contribution in [2.45, 2.75) is 19.5 Å². The summed E-state index contributed by atoms with van der Waals surface area (Å²) in [6, 6.07) is 8.95. The third kappa shape index (κ3) is 8.13. The van der Waals surface area contributed by atoms with Crippen LogP contribution in [0.1, 0.15) is 22.3 Å². The number of nitrogens with zero attached hydrogens (tertiary/aromatic N) is 3. The van der Waals surface area contributed by atoms with Gasteiger partial charge < -0.3 is 25.3 Å². The molecule has 3 amide bonds. The summed E-state index contributed by atoms with van der Waals surface area (Å²) >= 11 is 0. The molecule has 3 aromatic rings. The lowest BCUT2D eigenvalue weighted by Gasteiger charge is -2.26. The van der Waals surface area contributed by atoms with E-state index >= 15 is 0 Å². The van der Waals surface area contributed by atoms with E-state index in [9.17, 15) is 9.59 Å². The molecule has 1 saturated heterocycles. The highest BCUT2D eigenvalue weighted by Crippen LogP contribution is 2.26. The summed E-state index contributed by atoms with van der Waals surface area (Å²) in [5.74, 6) is -0.147. The third-order valence-corrected chi connectivity index (χ3v) is 6.44. The van der Waals surface area contributed by atoms with Crippen molar-refractivity contribution in [3.05, 3.63) is 97.0 Å². The van der Waals surface area contributed by atoms with E-state index in [0.29, 0.717) is 30.9 Å². The second kappa shape index (κ2) is 14.1. The van der Waals surface area contributed by atoms with E-state index in [1.807, 2.05) is 53.2 Å². The zero-order valence-corrected chi connectivity index (χ0v) is 22.2. The Morgan fingerprint density at radius 3 is 2.77 bits per heavy atom. The molecule has 0 saturated carbocycles. The van der Waals surface area contributed by atoms with Crippen molar-refractivity contribution in [1.29, 1.82) is 0 Å². The number of benzene rings is 1. The summed E-state index contributed by atoms with van der Waals surface area (Å²) in [5, 5.41) is 9.52. The van der Waals surface area contributed by atoms with Gasteiger partial charge >= 0.3 is 6.03 Å². The lowest BCUT2D eigenvalue weighted by atomic mass is 10.1. The first kappa shape index (κ1) is 27.8. The molecule has 0 bridgehead atoms. The maximum Gasteiger partial charge on any atom is 0.319 e. The number of carbonyl (C=O) groups excluding carboxylic acids is 2. The molecule has 204 valence electrons. The smallest absolute Gasteiger partial charge is 0.319 e. The van der Waals surface area contributed by atoms with Gasteiger partial charge in [-0.2, -0.15) is 0 Å². The number of hydrogen-bond donors (Lipinski definition) is 3. The predicted octanol–water partition coefficient (Wildman–Crippen LogP) is 4.11. The first-order valence-electron chi connectivity index (χ1n) is 13.2. The largest absolute Gasteiger partial charge is 0.379 e. The number of allylic oxidation sites excluding steroid dienone is 4. The van der Waals surface area contributed by atoms with Crippen molar-refractivity contribution < 1.29 is 14.3 Å². The van der Waals surface area contributed by atoms with E-state index in [2.05, 4.69) is 39.0 Å².